The lowest BCUT2D eigenvalue weighted by molar-refractivity contribution is 0.587. The van der Waals surface area contributed by atoms with Crippen LogP contribution in [0.2, 0.25) is 0 Å². The van der Waals surface area contributed by atoms with E-state index in [1.165, 1.54) is 0 Å². The maximum atomic E-state index is 4.26. The summed E-state index contributed by atoms with van der Waals surface area (Å²) in [4.78, 5) is 0. The SMILES string of the molecule is CNc1ccc(-c2nnc(C)n2C(C)C)cc1. The molecule has 90 valence electrons. The molecule has 0 fully saturated rings. The van der Waals surface area contributed by atoms with Gasteiger partial charge >= 0.3 is 0 Å². The van der Waals surface area contributed by atoms with Gasteiger partial charge < -0.3 is 9.88 Å². The van der Waals surface area contributed by atoms with Gasteiger partial charge in [0.05, 0.1) is 0 Å². The van der Waals surface area contributed by atoms with E-state index in [9.17, 15) is 0 Å². The van der Waals surface area contributed by atoms with Crippen molar-refractivity contribution in [3.05, 3.63) is 30.1 Å². The van der Waals surface area contributed by atoms with Crippen LogP contribution < -0.4 is 5.32 Å². The Labute approximate surface area is 102 Å². The van der Waals surface area contributed by atoms with E-state index in [0.29, 0.717) is 6.04 Å². The second-order valence-corrected chi connectivity index (χ2v) is 4.36. The van der Waals surface area contributed by atoms with Crippen molar-refractivity contribution in [1.29, 1.82) is 0 Å². The molecule has 2 aromatic rings. The highest BCUT2D eigenvalue weighted by atomic mass is 15.3. The first kappa shape index (κ1) is 11.6. The van der Waals surface area contributed by atoms with E-state index in [0.717, 1.165) is 22.9 Å². The predicted molar refractivity (Wildman–Crippen MR) is 70.1 cm³/mol. The van der Waals surface area contributed by atoms with Crippen molar-refractivity contribution in [3.63, 3.8) is 0 Å². The fraction of sp³-hybridized carbons (Fsp3) is 0.385. The van der Waals surface area contributed by atoms with Crippen LogP contribution in [-0.2, 0) is 0 Å². The van der Waals surface area contributed by atoms with Crippen molar-refractivity contribution in [1.82, 2.24) is 14.8 Å². The second kappa shape index (κ2) is 4.57. The topological polar surface area (TPSA) is 42.7 Å². The molecule has 0 radical (unpaired) electrons. The monoisotopic (exact) mass is 230 g/mol. The molecule has 0 spiro atoms. The number of nitrogens with one attached hydrogen (secondary N) is 1. The molecule has 0 saturated carbocycles. The first-order valence-corrected chi connectivity index (χ1v) is 5.83. The largest absolute Gasteiger partial charge is 0.388 e. The van der Waals surface area contributed by atoms with Gasteiger partial charge in [-0.1, -0.05) is 0 Å². The molecule has 0 aliphatic heterocycles. The van der Waals surface area contributed by atoms with Gasteiger partial charge in [0.1, 0.15) is 5.82 Å². The van der Waals surface area contributed by atoms with Crippen molar-refractivity contribution >= 4 is 5.69 Å². The average Bonchev–Trinajstić information content (AvgIpc) is 2.71. The van der Waals surface area contributed by atoms with Crippen LogP contribution in [0.25, 0.3) is 11.4 Å². The minimum absolute atomic E-state index is 0.365. The zero-order chi connectivity index (χ0) is 12.4. The van der Waals surface area contributed by atoms with Crippen molar-refractivity contribution in [2.45, 2.75) is 26.8 Å². The van der Waals surface area contributed by atoms with Crippen LogP contribution in [0.15, 0.2) is 24.3 Å². The molecule has 0 aliphatic carbocycles. The Hall–Kier alpha value is -1.84. The minimum Gasteiger partial charge on any atom is -0.388 e. The number of benzene rings is 1. The second-order valence-electron chi connectivity index (χ2n) is 4.36. The number of nitrogens with zero attached hydrogens (tertiary/aromatic N) is 3. The Morgan fingerprint density at radius 2 is 1.76 bits per heavy atom. The molecule has 0 atom stereocenters. The van der Waals surface area contributed by atoms with E-state index < -0.39 is 0 Å². The summed E-state index contributed by atoms with van der Waals surface area (Å²) in [5.41, 5.74) is 2.19. The third-order valence-corrected chi connectivity index (χ3v) is 2.81. The van der Waals surface area contributed by atoms with Crippen molar-refractivity contribution < 1.29 is 0 Å². The summed E-state index contributed by atoms with van der Waals surface area (Å²) in [5.74, 6) is 1.88. The van der Waals surface area contributed by atoms with E-state index in [-0.39, 0.29) is 0 Å². The standard InChI is InChI=1S/C13H18N4/c1-9(2)17-10(3)15-16-13(17)11-5-7-12(14-4)8-6-11/h5-9,14H,1-4H3. The number of aromatic nitrogens is 3. The lowest BCUT2D eigenvalue weighted by Gasteiger charge is -2.12. The Balaban J connectivity index is 2.45. The van der Waals surface area contributed by atoms with E-state index in [1.807, 2.05) is 26.1 Å². The molecule has 0 unspecified atom stereocenters. The summed E-state index contributed by atoms with van der Waals surface area (Å²) in [6.45, 7) is 6.27. The number of anilines is 1. The number of rotatable bonds is 3. The van der Waals surface area contributed by atoms with E-state index in [1.54, 1.807) is 0 Å². The van der Waals surface area contributed by atoms with E-state index in [4.69, 9.17) is 0 Å². The molecule has 0 amide bonds. The number of aryl methyl sites for hydroxylation is 1. The average molecular weight is 230 g/mol. The van der Waals surface area contributed by atoms with Crippen LogP contribution >= 0.6 is 0 Å². The Bertz CT molecular complexity index is 497. The first-order valence-electron chi connectivity index (χ1n) is 5.83. The molecular weight excluding hydrogens is 212 g/mol. The summed E-state index contributed by atoms with van der Waals surface area (Å²) in [5, 5.41) is 11.5. The minimum atomic E-state index is 0.365. The van der Waals surface area contributed by atoms with Gasteiger partial charge in [0.2, 0.25) is 0 Å². The number of hydrogen-bond acceptors (Lipinski definition) is 3. The van der Waals surface area contributed by atoms with Gasteiger partial charge in [0.25, 0.3) is 0 Å². The molecule has 0 aliphatic rings. The van der Waals surface area contributed by atoms with Crippen LogP contribution in [0.5, 0.6) is 0 Å². The predicted octanol–water partition coefficient (Wildman–Crippen LogP) is 2.88. The summed E-state index contributed by atoms with van der Waals surface area (Å²) in [6.07, 6.45) is 0. The highest BCUT2D eigenvalue weighted by Crippen LogP contribution is 2.23. The van der Waals surface area contributed by atoms with Gasteiger partial charge in [-0.25, -0.2) is 0 Å². The molecule has 0 bridgehead atoms. The highest BCUT2D eigenvalue weighted by molar-refractivity contribution is 5.60. The Morgan fingerprint density at radius 1 is 1.12 bits per heavy atom. The van der Waals surface area contributed by atoms with Gasteiger partial charge in [-0.05, 0) is 45.0 Å². The molecule has 2 rings (SSSR count). The highest BCUT2D eigenvalue weighted by Gasteiger charge is 2.12. The lowest BCUT2D eigenvalue weighted by Crippen LogP contribution is -2.05. The maximum absolute atomic E-state index is 4.26. The third-order valence-electron chi connectivity index (χ3n) is 2.81. The van der Waals surface area contributed by atoms with Gasteiger partial charge in [-0.2, -0.15) is 0 Å². The molecule has 1 aromatic heterocycles. The molecule has 4 heteroatoms. The van der Waals surface area contributed by atoms with Crippen molar-refractivity contribution in [3.8, 4) is 11.4 Å². The molecule has 1 heterocycles. The summed E-state index contributed by atoms with van der Waals surface area (Å²) < 4.78 is 2.15. The fourth-order valence-corrected chi connectivity index (χ4v) is 1.97. The lowest BCUT2D eigenvalue weighted by atomic mass is 10.2. The van der Waals surface area contributed by atoms with Gasteiger partial charge in [0, 0.05) is 24.3 Å². The van der Waals surface area contributed by atoms with Gasteiger partial charge in [0.15, 0.2) is 5.82 Å². The molecular formula is C13H18N4. The zero-order valence-electron chi connectivity index (χ0n) is 10.7. The van der Waals surface area contributed by atoms with E-state index >= 15 is 0 Å². The van der Waals surface area contributed by atoms with Crippen molar-refractivity contribution in [2.75, 3.05) is 12.4 Å². The van der Waals surface area contributed by atoms with Crippen LogP contribution in [0.3, 0.4) is 0 Å². The third kappa shape index (κ3) is 2.16. The van der Waals surface area contributed by atoms with Crippen LogP contribution in [0.4, 0.5) is 5.69 Å². The molecule has 17 heavy (non-hydrogen) atoms. The van der Waals surface area contributed by atoms with Crippen LogP contribution in [0.1, 0.15) is 25.7 Å². The van der Waals surface area contributed by atoms with Crippen LogP contribution in [0, 0.1) is 6.92 Å². The molecule has 4 nitrogen and oxygen atoms in total. The van der Waals surface area contributed by atoms with Gasteiger partial charge in [-0.15, -0.1) is 10.2 Å². The summed E-state index contributed by atoms with van der Waals surface area (Å²) in [7, 11) is 1.91. The molecule has 1 N–H and O–H groups in total. The first-order chi connectivity index (χ1) is 8.13. The number of hydrogen-bond donors (Lipinski definition) is 1. The zero-order valence-corrected chi connectivity index (χ0v) is 10.7. The Kier molecular flexibility index (Phi) is 3.13. The smallest absolute Gasteiger partial charge is 0.164 e. The van der Waals surface area contributed by atoms with Crippen molar-refractivity contribution in [2.24, 2.45) is 0 Å². The maximum Gasteiger partial charge on any atom is 0.164 e. The quantitative estimate of drug-likeness (QED) is 0.881. The summed E-state index contributed by atoms with van der Waals surface area (Å²) >= 11 is 0. The molecule has 1 aromatic carbocycles. The van der Waals surface area contributed by atoms with E-state index in [2.05, 4.69) is 46.1 Å². The summed E-state index contributed by atoms with van der Waals surface area (Å²) in [6, 6.07) is 8.58. The normalized spacial score (nSPS) is 10.9. The van der Waals surface area contributed by atoms with Gasteiger partial charge in [-0.3, -0.25) is 0 Å². The molecule has 0 saturated heterocycles. The fourth-order valence-electron chi connectivity index (χ4n) is 1.97. The van der Waals surface area contributed by atoms with Crippen LogP contribution in [-0.4, -0.2) is 21.8 Å². The Morgan fingerprint density at radius 3 is 2.29 bits per heavy atom.